The fourth-order valence-electron chi connectivity index (χ4n) is 6.66. The van der Waals surface area contributed by atoms with Crippen molar-refractivity contribution in [2.75, 3.05) is 0 Å². The Kier molecular flexibility index (Phi) is 8.53. The van der Waals surface area contributed by atoms with Crippen LogP contribution in [0.4, 0.5) is 0 Å². The molecule has 228 valence electrons. The van der Waals surface area contributed by atoms with Crippen molar-refractivity contribution in [1.29, 1.82) is 0 Å². The maximum atomic E-state index is 4.52. The normalized spacial score (nSPS) is 11.0. The standard InChI is InChI=1S/2C15H13N.C14H11N/c2*1-2-11-5-3-6-12-8-9-13-7-4-10-16-15(13)14(11)12;1-10-4-2-5-11-7-8-12-6-3-9-15-14(12)13(10)11/h2*3-10H,2H2,1H3;2-9H,1H3. The summed E-state index contributed by atoms with van der Waals surface area (Å²) >= 11 is 0. The predicted octanol–water partition coefficient (Wildman–Crippen LogP) is 11.6. The molecule has 0 radical (unpaired) electrons. The Morgan fingerprint density at radius 3 is 1.13 bits per heavy atom. The minimum absolute atomic E-state index is 1.05. The van der Waals surface area contributed by atoms with Crippen LogP contribution < -0.4 is 0 Å². The van der Waals surface area contributed by atoms with Gasteiger partial charge in [0.05, 0.1) is 16.6 Å². The molecule has 0 bridgehead atoms. The van der Waals surface area contributed by atoms with E-state index in [1.807, 2.05) is 36.8 Å². The van der Waals surface area contributed by atoms with E-state index < -0.39 is 0 Å². The van der Waals surface area contributed by atoms with Gasteiger partial charge in [-0.25, -0.2) is 0 Å². The van der Waals surface area contributed by atoms with Gasteiger partial charge in [-0.2, -0.15) is 0 Å². The van der Waals surface area contributed by atoms with Gasteiger partial charge in [-0.15, -0.1) is 0 Å². The molecule has 0 N–H and O–H groups in total. The number of aromatic nitrogens is 3. The molecule has 0 saturated carbocycles. The molecule has 0 spiro atoms. The maximum Gasteiger partial charge on any atom is 0.0783 e. The van der Waals surface area contributed by atoms with Crippen molar-refractivity contribution in [2.24, 2.45) is 0 Å². The van der Waals surface area contributed by atoms with E-state index in [2.05, 4.69) is 145 Å². The van der Waals surface area contributed by atoms with Gasteiger partial charge in [0.15, 0.2) is 0 Å². The van der Waals surface area contributed by atoms with Crippen molar-refractivity contribution in [3.8, 4) is 0 Å². The van der Waals surface area contributed by atoms with Crippen LogP contribution >= 0.6 is 0 Å². The molecule has 3 aromatic heterocycles. The highest BCUT2D eigenvalue weighted by molar-refractivity contribution is 6.08. The monoisotopic (exact) mass is 607 g/mol. The topological polar surface area (TPSA) is 38.7 Å². The maximum absolute atomic E-state index is 4.52. The lowest BCUT2D eigenvalue weighted by atomic mass is 10.00. The number of fused-ring (bicyclic) bond motifs is 9. The Morgan fingerprint density at radius 1 is 0.362 bits per heavy atom. The Balaban J connectivity index is 0.000000112. The third-order valence-corrected chi connectivity index (χ3v) is 8.99. The fourth-order valence-corrected chi connectivity index (χ4v) is 6.66. The highest BCUT2D eigenvalue weighted by Gasteiger charge is 2.06. The average molecular weight is 608 g/mol. The summed E-state index contributed by atoms with van der Waals surface area (Å²) in [7, 11) is 0. The zero-order valence-corrected chi connectivity index (χ0v) is 27.1. The summed E-state index contributed by atoms with van der Waals surface area (Å²) in [5.74, 6) is 0. The first-order chi connectivity index (χ1) is 23.2. The Morgan fingerprint density at radius 2 is 0.702 bits per heavy atom. The van der Waals surface area contributed by atoms with E-state index in [1.165, 1.54) is 65.2 Å². The molecule has 3 heterocycles. The van der Waals surface area contributed by atoms with E-state index in [-0.39, 0.29) is 0 Å². The van der Waals surface area contributed by atoms with Gasteiger partial charge in [0.2, 0.25) is 0 Å². The van der Waals surface area contributed by atoms with Crippen LogP contribution in [0.15, 0.2) is 146 Å². The summed E-state index contributed by atoms with van der Waals surface area (Å²) in [5.41, 5.74) is 7.39. The van der Waals surface area contributed by atoms with Gasteiger partial charge in [-0.05, 0) is 70.8 Å². The molecule has 0 aliphatic rings. The summed E-state index contributed by atoms with van der Waals surface area (Å²) in [5, 5.41) is 11.4. The van der Waals surface area contributed by atoms with Crippen molar-refractivity contribution in [3.63, 3.8) is 0 Å². The fraction of sp³-hybridized carbons (Fsp3) is 0.114. The van der Waals surface area contributed by atoms with Crippen molar-refractivity contribution in [1.82, 2.24) is 15.0 Å². The molecule has 0 amide bonds. The zero-order valence-electron chi connectivity index (χ0n) is 27.1. The summed E-state index contributed by atoms with van der Waals surface area (Å²) in [6.07, 6.45) is 7.69. The SMILES string of the molecule is CCc1cccc2ccc3cccnc3c12.CCc1cccc2ccc3cccnc3c12.Cc1cccc2ccc3cccnc3c12. The van der Waals surface area contributed by atoms with E-state index in [0.29, 0.717) is 0 Å². The predicted molar refractivity (Wildman–Crippen MR) is 201 cm³/mol. The second-order valence-corrected chi connectivity index (χ2v) is 11.8. The summed E-state index contributed by atoms with van der Waals surface area (Å²) in [6, 6.07) is 44.5. The van der Waals surface area contributed by atoms with Crippen LogP contribution in [0.1, 0.15) is 30.5 Å². The molecule has 6 aromatic carbocycles. The second kappa shape index (κ2) is 13.4. The van der Waals surface area contributed by atoms with Gasteiger partial charge >= 0.3 is 0 Å². The molecule has 3 nitrogen and oxygen atoms in total. The Labute approximate surface area is 275 Å². The van der Waals surface area contributed by atoms with Gasteiger partial charge in [-0.1, -0.05) is 123 Å². The highest BCUT2D eigenvalue weighted by atomic mass is 14.7. The number of hydrogen-bond donors (Lipinski definition) is 0. The molecular weight excluding hydrogens is 571 g/mol. The van der Waals surface area contributed by atoms with Gasteiger partial charge < -0.3 is 0 Å². The minimum atomic E-state index is 1.05. The van der Waals surface area contributed by atoms with Crippen LogP contribution in [-0.4, -0.2) is 15.0 Å². The first kappa shape index (κ1) is 30.0. The first-order valence-electron chi connectivity index (χ1n) is 16.4. The van der Waals surface area contributed by atoms with Gasteiger partial charge in [-0.3, -0.25) is 15.0 Å². The van der Waals surface area contributed by atoms with E-state index in [4.69, 9.17) is 0 Å². The minimum Gasteiger partial charge on any atom is -0.256 e. The van der Waals surface area contributed by atoms with Crippen molar-refractivity contribution < 1.29 is 0 Å². The third kappa shape index (κ3) is 5.89. The van der Waals surface area contributed by atoms with Crippen molar-refractivity contribution >= 4 is 65.0 Å². The first-order valence-corrected chi connectivity index (χ1v) is 16.4. The number of aryl methyl sites for hydroxylation is 3. The van der Waals surface area contributed by atoms with Gasteiger partial charge in [0, 0.05) is 50.9 Å². The van der Waals surface area contributed by atoms with Crippen LogP contribution in [0.2, 0.25) is 0 Å². The largest absolute Gasteiger partial charge is 0.256 e. The Hall–Kier alpha value is -5.67. The van der Waals surface area contributed by atoms with E-state index >= 15 is 0 Å². The molecule has 3 heteroatoms. The molecule has 0 fully saturated rings. The number of hydrogen-bond acceptors (Lipinski definition) is 3. The molecule has 47 heavy (non-hydrogen) atoms. The summed E-state index contributed by atoms with van der Waals surface area (Å²) in [4.78, 5) is 13.5. The molecular formula is C44H37N3. The molecule has 0 saturated heterocycles. The van der Waals surface area contributed by atoms with Crippen LogP contribution in [0.3, 0.4) is 0 Å². The van der Waals surface area contributed by atoms with Crippen LogP contribution in [0.25, 0.3) is 65.0 Å². The van der Waals surface area contributed by atoms with Gasteiger partial charge in [0.25, 0.3) is 0 Å². The number of nitrogens with zero attached hydrogens (tertiary/aromatic N) is 3. The summed E-state index contributed by atoms with van der Waals surface area (Å²) in [6.45, 7) is 6.52. The molecule has 0 unspecified atom stereocenters. The highest BCUT2D eigenvalue weighted by Crippen LogP contribution is 2.29. The molecule has 0 atom stereocenters. The lowest BCUT2D eigenvalue weighted by molar-refractivity contribution is 1.16. The average Bonchev–Trinajstić information content (AvgIpc) is 3.14. The lowest BCUT2D eigenvalue weighted by Gasteiger charge is -2.07. The zero-order chi connectivity index (χ0) is 32.2. The molecule has 9 aromatic rings. The van der Waals surface area contributed by atoms with E-state index in [1.54, 1.807) is 0 Å². The van der Waals surface area contributed by atoms with E-state index in [9.17, 15) is 0 Å². The van der Waals surface area contributed by atoms with Gasteiger partial charge in [0.1, 0.15) is 0 Å². The number of rotatable bonds is 2. The van der Waals surface area contributed by atoms with Crippen LogP contribution in [0.5, 0.6) is 0 Å². The van der Waals surface area contributed by atoms with Crippen molar-refractivity contribution in [3.05, 3.63) is 163 Å². The molecule has 0 aliphatic heterocycles. The smallest absolute Gasteiger partial charge is 0.0783 e. The molecule has 0 aliphatic carbocycles. The van der Waals surface area contributed by atoms with Crippen molar-refractivity contribution in [2.45, 2.75) is 33.6 Å². The quantitative estimate of drug-likeness (QED) is 0.184. The molecule has 9 rings (SSSR count). The Bertz CT molecular complexity index is 2400. The number of pyridine rings is 3. The van der Waals surface area contributed by atoms with E-state index in [0.717, 1.165) is 29.4 Å². The van der Waals surface area contributed by atoms with Crippen LogP contribution in [0, 0.1) is 6.92 Å². The third-order valence-electron chi connectivity index (χ3n) is 8.99. The lowest BCUT2D eigenvalue weighted by Crippen LogP contribution is -1.87. The number of benzene rings is 6. The second-order valence-electron chi connectivity index (χ2n) is 11.8. The summed E-state index contributed by atoms with van der Waals surface area (Å²) < 4.78 is 0. The van der Waals surface area contributed by atoms with Crippen LogP contribution in [-0.2, 0) is 12.8 Å².